The fraction of sp³-hybridized carbons (Fsp3) is 0.357. The second kappa shape index (κ2) is 6.11. The van der Waals surface area contributed by atoms with Crippen molar-refractivity contribution in [2.24, 2.45) is 0 Å². The van der Waals surface area contributed by atoms with E-state index in [1.54, 1.807) is 12.1 Å². The molecule has 1 fully saturated rings. The number of hydrogen-bond acceptors (Lipinski definition) is 5. The molecule has 2 aromatic rings. The van der Waals surface area contributed by atoms with Gasteiger partial charge in [0.15, 0.2) is 4.34 Å². The van der Waals surface area contributed by atoms with Crippen molar-refractivity contribution in [3.63, 3.8) is 0 Å². The van der Waals surface area contributed by atoms with Gasteiger partial charge in [-0.1, -0.05) is 35.2 Å². The molecule has 0 bridgehead atoms. The average Bonchev–Trinajstić information content (AvgIpc) is 3.18. The number of rotatable bonds is 5. The van der Waals surface area contributed by atoms with E-state index in [-0.39, 0.29) is 17.8 Å². The summed E-state index contributed by atoms with van der Waals surface area (Å²) >= 11 is 2.81. The molecule has 1 aliphatic rings. The largest absolute Gasteiger partial charge is 0.352 e. The maximum atomic E-state index is 13.1. The van der Waals surface area contributed by atoms with Crippen LogP contribution in [0.1, 0.15) is 28.7 Å². The van der Waals surface area contributed by atoms with E-state index in [0.717, 1.165) is 27.8 Å². The number of aromatic nitrogens is 2. The first-order chi connectivity index (χ1) is 10.1. The third-order valence-electron chi connectivity index (χ3n) is 3.06. The number of thioether (sulfide) groups is 1. The van der Waals surface area contributed by atoms with Crippen molar-refractivity contribution in [3.8, 4) is 0 Å². The number of aryl methyl sites for hydroxylation is 1. The van der Waals surface area contributed by atoms with E-state index in [1.807, 2.05) is 6.92 Å². The molecule has 1 amide bonds. The molecule has 7 heteroatoms. The van der Waals surface area contributed by atoms with Crippen LogP contribution in [0.4, 0.5) is 4.39 Å². The summed E-state index contributed by atoms with van der Waals surface area (Å²) in [5.74, 6) is -0.362. The second-order valence-corrected chi connectivity index (χ2v) is 7.45. The number of benzene rings is 1. The minimum Gasteiger partial charge on any atom is -0.352 e. The van der Waals surface area contributed by atoms with Crippen molar-refractivity contribution in [3.05, 3.63) is 40.7 Å². The Bertz CT molecular complexity index is 640. The normalized spacial score (nSPS) is 15.7. The molecule has 110 valence electrons. The van der Waals surface area contributed by atoms with Crippen molar-refractivity contribution in [1.29, 1.82) is 0 Å². The molecule has 1 N–H and O–H groups in total. The monoisotopic (exact) mass is 323 g/mol. The quantitative estimate of drug-likeness (QED) is 0.859. The first-order valence-corrected chi connectivity index (χ1v) is 8.34. The van der Waals surface area contributed by atoms with E-state index in [1.165, 1.54) is 35.2 Å². The molecule has 0 saturated heterocycles. The van der Waals surface area contributed by atoms with Gasteiger partial charge >= 0.3 is 0 Å². The van der Waals surface area contributed by atoms with E-state index >= 15 is 0 Å². The van der Waals surface area contributed by atoms with Gasteiger partial charge in [0.25, 0.3) is 0 Å². The standard InChI is InChI=1S/C14H14FN3OS2/c1-8-17-18-14(20-8)21-12(13(19)16-11-6-7-11)9-2-4-10(15)5-3-9/h2-5,11-12H,6-7H2,1H3,(H,16,19)/t12-/m0/s1. The fourth-order valence-corrected chi connectivity index (χ4v) is 3.86. The predicted octanol–water partition coefficient (Wildman–Crippen LogP) is 3.10. The third-order valence-corrected chi connectivity index (χ3v) is 5.24. The minimum absolute atomic E-state index is 0.0537. The number of hydrogen-bond donors (Lipinski definition) is 1. The molecule has 1 aromatic heterocycles. The van der Waals surface area contributed by atoms with Crippen molar-refractivity contribution in [2.45, 2.75) is 35.4 Å². The van der Waals surface area contributed by atoms with Gasteiger partial charge in [-0.05, 0) is 37.5 Å². The summed E-state index contributed by atoms with van der Waals surface area (Å²) in [6.45, 7) is 1.87. The summed E-state index contributed by atoms with van der Waals surface area (Å²) < 4.78 is 13.8. The maximum Gasteiger partial charge on any atom is 0.238 e. The molecule has 0 spiro atoms. The highest BCUT2D eigenvalue weighted by Gasteiger charge is 2.29. The van der Waals surface area contributed by atoms with Crippen molar-refractivity contribution >= 4 is 29.0 Å². The fourth-order valence-electron chi connectivity index (χ4n) is 1.84. The Hall–Kier alpha value is -1.47. The van der Waals surface area contributed by atoms with Crippen LogP contribution in [0.2, 0.25) is 0 Å². The van der Waals surface area contributed by atoms with Crippen molar-refractivity contribution < 1.29 is 9.18 Å². The van der Waals surface area contributed by atoms with Crippen LogP contribution in [-0.4, -0.2) is 22.1 Å². The van der Waals surface area contributed by atoms with Crippen LogP contribution in [-0.2, 0) is 4.79 Å². The van der Waals surface area contributed by atoms with Gasteiger partial charge in [-0.15, -0.1) is 10.2 Å². The molecular formula is C14H14FN3OS2. The Balaban J connectivity index is 1.82. The number of carbonyl (C=O) groups is 1. The summed E-state index contributed by atoms with van der Waals surface area (Å²) in [6.07, 6.45) is 2.06. The molecule has 1 aromatic carbocycles. The smallest absolute Gasteiger partial charge is 0.238 e. The highest BCUT2D eigenvalue weighted by molar-refractivity contribution is 8.01. The highest BCUT2D eigenvalue weighted by atomic mass is 32.2. The van der Waals surface area contributed by atoms with Crippen LogP contribution in [0.15, 0.2) is 28.6 Å². The second-order valence-electron chi connectivity index (χ2n) is 4.92. The lowest BCUT2D eigenvalue weighted by Crippen LogP contribution is -2.29. The van der Waals surface area contributed by atoms with Gasteiger partial charge in [0.1, 0.15) is 16.1 Å². The Kier molecular flexibility index (Phi) is 4.21. The van der Waals surface area contributed by atoms with Gasteiger partial charge in [0.05, 0.1) is 0 Å². The Morgan fingerprint density at radius 3 is 2.67 bits per heavy atom. The maximum absolute atomic E-state index is 13.1. The van der Waals surface area contributed by atoms with E-state index in [2.05, 4.69) is 15.5 Å². The zero-order valence-corrected chi connectivity index (χ0v) is 13.0. The summed E-state index contributed by atoms with van der Waals surface area (Å²) in [7, 11) is 0. The van der Waals surface area contributed by atoms with E-state index in [9.17, 15) is 9.18 Å². The average molecular weight is 323 g/mol. The Labute approximate surface area is 130 Å². The lowest BCUT2D eigenvalue weighted by Gasteiger charge is -2.15. The molecule has 0 radical (unpaired) electrons. The van der Waals surface area contributed by atoms with Gasteiger partial charge in [-0.25, -0.2) is 4.39 Å². The number of nitrogens with zero attached hydrogens (tertiary/aromatic N) is 2. The highest BCUT2D eigenvalue weighted by Crippen LogP contribution is 2.37. The first kappa shape index (κ1) is 14.5. The number of amides is 1. The van der Waals surface area contributed by atoms with E-state index in [0.29, 0.717) is 0 Å². The molecular weight excluding hydrogens is 309 g/mol. The summed E-state index contributed by atoms with van der Waals surface area (Å²) in [4.78, 5) is 12.4. The molecule has 3 rings (SSSR count). The van der Waals surface area contributed by atoms with Gasteiger partial charge in [0, 0.05) is 6.04 Å². The molecule has 0 unspecified atom stereocenters. The number of nitrogens with one attached hydrogen (secondary N) is 1. The lowest BCUT2D eigenvalue weighted by atomic mass is 10.1. The summed E-state index contributed by atoms with van der Waals surface area (Å²) in [5.41, 5.74) is 0.771. The molecule has 21 heavy (non-hydrogen) atoms. The summed E-state index contributed by atoms with van der Waals surface area (Å²) in [6, 6.07) is 6.33. The van der Waals surface area contributed by atoms with Crippen LogP contribution in [0.5, 0.6) is 0 Å². The third kappa shape index (κ3) is 3.79. The van der Waals surface area contributed by atoms with Crippen LogP contribution < -0.4 is 5.32 Å². The molecule has 1 heterocycles. The Morgan fingerprint density at radius 1 is 1.38 bits per heavy atom. The topological polar surface area (TPSA) is 54.9 Å². The zero-order chi connectivity index (χ0) is 14.8. The van der Waals surface area contributed by atoms with Crippen LogP contribution >= 0.6 is 23.1 Å². The van der Waals surface area contributed by atoms with E-state index < -0.39 is 5.25 Å². The van der Waals surface area contributed by atoms with Crippen LogP contribution in [0.25, 0.3) is 0 Å². The molecule has 1 aliphatic carbocycles. The first-order valence-electron chi connectivity index (χ1n) is 6.64. The van der Waals surface area contributed by atoms with Gasteiger partial charge in [0.2, 0.25) is 5.91 Å². The van der Waals surface area contributed by atoms with Gasteiger partial charge in [-0.3, -0.25) is 4.79 Å². The molecule has 4 nitrogen and oxygen atoms in total. The number of carbonyl (C=O) groups excluding carboxylic acids is 1. The lowest BCUT2D eigenvalue weighted by molar-refractivity contribution is -0.120. The predicted molar refractivity (Wildman–Crippen MR) is 80.8 cm³/mol. The van der Waals surface area contributed by atoms with E-state index in [4.69, 9.17) is 0 Å². The minimum atomic E-state index is -0.432. The van der Waals surface area contributed by atoms with Crippen molar-refractivity contribution in [1.82, 2.24) is 15.5 Å². The zero-order valence-electron chi connectivity index (χ0n) is 11.4. The van der Waals surface area contributed by atoms with Gasteiger partial charge < -0.3 is 5.32 Å². The van der Waals surface area contributed by atoms with Gasteiger partial charge in [-0.2, -0.15) is 0 Å². The Morgan fingerprint density at radius 2 is 2.10 bits per heavy atom. The molecule has 1 atom stereocenters. The van der Waals surface area contributed by atoms with Crippen LogP contribution in [0, 0.1) is 12.7 Å². The van der Waals surface area contributed by atoms with Crippen molar-refractivity contribution in [2.75, 3.05) is 0 Å². The summed E-state index contributed by atoms with van der Waals surface area (Å²) in [5, 5.41) is 11.4. The molecule has 0 aliphatic heterocycles. The number of halogens is 1. The van der Waals surface area contributed by atoms with Crippen LogP contribution in [0.3, 0.4) is 0 Å². The molecule has 1 saturated carbocycles. The SMILES string of the molecule is Cc1nnc(S[C@H](C(=O)NC2CC2)c2ccc(F)cc2)s1.